The zero-order valence-corrected chi connectivity index (χ0v) is 25.2. The molecule has 6 rings (SSSR count). The lowest BCUT2D eigenvalue weighted by Crippen LogP contribution is -2.31. The minimum Gasteiger partial charge on any atom is -0.375 e. The van der Waals surface area contributed by atoms with Crippen LogP contribution >= 0.6 is 0 Å². The van der Waals surface area contributed by atoms with E-state index in [4.69, 9.17) is 9.57 Å². The molecule has 1 atom stereocenters. The average molecular weight is 585 g/mol. The van der Waals surface area contributed by atoms with Crippen molar-refractivity contribution in [2.45, 2.75) is 30.7 Å². The SMILES string of the molecule is CN(C)CCCC1(c2ccc(F)cc2)OCc2cc(C=NOC(c3ccccc3)(c3ccccc3)c3ccccc3)ccc21. The van der Waals surface area contributed by atoms with E-state index in [9.17, 15) is 4.39 Å². The first-order chi connectivity index (χ1) is 21.5. The van der Waals surface area contributed by atoms with Gasteiger partial charge >= 0.3 is 0 Å². The number of fused-ring (bicyclic) bond motifs is 1. The number of nitrogens with zero attached hydrogens (tertiary/aromatic N) is 2. The van der Waals surface area contributed by atoms with Crippen molar-refractivity contribution < 1.29 is 14.0 Å². The Labute approximate surface area is 259 Å². The zero-order chi connectivity index (χ0) is 30.4. The summed E-state index contributed by atoms with van der Waals surface area (Å²) in [5.74, 6) is -0.250. The highest BCUT2D eigenvalue weighted by Crippen LogP contribution is 2.46. The van der Waals surface area contributed by atoms with Crippen molar-refractivity contribution in [1.82, 2.24) is 4.90 Å². The van der Waals surface area contributed by atoms with Gasteiger partial charge in [-0.1, -0.05) is 120 Å². The van der Waals surface area contributed by atoms with Crippen LogP contribution in [0.2, 0.25) is 0 Å². The van der Waals surface area contributed by atoms with Crippen LogP contribution in [-0.4, -0.2) is 31.8 Å². The van der Waals surface area contributed by atoms with Gasteiger partial charge in [0, 0.05) is 16.7 Å². The predicted octanol–water partition coefficient (Wildman–Crippen LogP) is 8.28. The van der Waals surface area contributed by atoms with Crippen LogP contribution in [0, 0.1) is 5.82 Å². The lowest BCUT2D eigenvalue weighted by molar-refractivity contribution is -0.0140. The van der Waals surface area contributed by atoms with E-state index in [2.05, 4.69) is 78.7 Å². The highest BCUT2D eigenvalue weighted by Gasteiger charge is 2.42. The Morgan fingerprint density at radius 3 is 1.91 bits per heavy atom. The Morgan fingerprint density at radius 1 is 0.795 bits per heavy atom. The molecule has 5 aromatic rings. The maximum absolute atomic E-state index is 13.9. The summed E-state index contributed by atoms with van der Waals surface area (Å²) in [5.41, 5.74) is 5.50. The Kier molecular flexibility index (Phi) is 8.69. The van der Waals surface area contributed by atoms with E-state index in [0.29, 0.717) is 6.61 Å². The lowest BCUT2D eigenvalue weighted by atomic mass is 9.80. The van der Waals surface area contributed by atoms with E-state index in [0.717, 1.165) is 58.3 Å². The van der Waals surface area contributed by atoms with Gasteiger partial charge in [0.2, 0.25) is 5.60 Å². The molecule has 1 aliphatic heterocycles. The summed E-state index contributed by atoms with van der Waals surface area (Å²) in [6, 6.07) is 43.6. The molecule has 0 aromatic heterocycles. The number of rotatable bonds is 11. The van der Waals surface area contributed by atoms with Crippen molar-refractivity contribution in [2.24, 2.45) is 5.16 Å². The van der Waals surface area contributed by atoms with Crippen LogP contribution in [0.5, 0.6) is 0 Å². The Balaban J connectivity index is 1.35. The summed E-state index contributed by atoms with van der Waals surface area (Å²) in [6.07, 6.45) is 3.52. The van der Waals surface area contributed by atoms with Crippen molar-refractivity contribution in [3.8, 4) is 0 Å². The van der Waals surface area contributed by atoms with Crippen LogP contribution in [0.25, 0.3) is 0 Å². The van der Waals surface area contributed by atoms with Crippen LogP contribution in [0.1, 0.15) is 51.8 Å². The topological polar surface area (TPSA) is 34.1 Å². The molecule has 0 amide bonds. The second kappa shape index (κ2) is 13.0. The van der Waals surface area contributed by atoms with Crippen molar-refractivity contribution >= 4 is 6.21 Å². The van der Waals surface area contributed by atoms with Crippen LogP contribution in [0.3, 0.4) is 0 Å². The van der Waals surface area contributed by atoms with Gasteiger partial charge in [-0.15, -0.1) is 0 Å². The summed E-state index contributed by atoms with van der Waals surface area (Å²) in [5, 5.41) is 4.63. The number of hydrogen-bond donors (Lipinski definition) is 0. The number of oxime groups is 1. The molecule has 0 fully saturated rings. The van der Waals surface area contributed by atoms with E-state index in [-0.39, 0.29) is 5.82 Å². The summed E-state index contributed by atoms with van der Waals surface area (Å²) in [7, 11) is 4.15. The van der Waals surface area contributed by atoms with Gasteiger partial charge in [0.1, 0.15) is 11.4 Å². The minimum atomic E-state index is -0.940. The summed E-state index contributed by atoms with van der Waals surface area (Å²) >= 11 is 0. The number of ether oxygens (including phenoxy) is 1. The maximum Gasteiger partial charge on any atom is 0.212 e. The number of hydrogen-bond acceptors (Lipinski definition) is 4. The van der Waals surface area contributed by atoms with E-state index >= 15 is 0 Å². The molecule has 0 aliphatic carbocycles. The highest BCUT2D eigenvalue weighted by atomic mass is 19.1. The molecule has 1 heterocycles. The van der Waals surface area contributed by atoms with Crippen LogP contribution in [0.15, 0.2) is 139 Å². The Morgan fingerprint density at radius 2 is 1.36 bits per heavy atom. The molecule has 0 bridgehead atoms. The van der Waals surface area contributed by atoms with E-state index in [1.807, 2.05) is 66.7 Å². The molecule has 0 N–H and O–H groups in total. The first-order valence-corrected chi connectivity index (χ1v) is 15.1. The van der Waals surface area contributed by atoms with Crippen molar-refractivity contribution in [3.05, 3.63) is 178 Å². The van der Waals surface area contributed by atoms with Crippen molar-refractivity contribution in [3.63, 3.8) is 0 Å². The van der Waals surface area contributed by atoms with Gasteiger partial charge in [-0.05, 0) is 73.9 Å². The number of halogens is 1. The third kappa shape index (κ3) is 5.81. The molecule has 0 spiro atoms. The second-order valence-corrected chi connectivity index (χ2v) is 11.6. The van der Waals surface area contributed by atoms with Gasteiger partial charge in [0.15, 0.2) is 0 Å². The van der Waals surface area contributed by atoms with E-state index in [1.54, 1.807) is 6.21 Å². The normalized spacial score (nSPS) is 16.4. The van der Waals surface area contributed by atoms with Gasteiger partial charge < -0.3 is 14.5 Å². The first kappa shape index (κ1) is 29.5. The molecule has 222 valence electrons. The molecular formula is C39H37FN2O2. The summed E-state index contributed by atoms with van der Waals surface area (Å²) in [4.78, 5) is 8.78. The molecule has 0 saturated carbocycles. The third-order valence-corrected chi connectivity index (χ3v) is 8.42. The smallest absolute Gasteiger partial charge is 0.212 e. The maximum atomic E-state index is 13.9. The highest BCUT2D eigenvalue weighted by molar-refractivity contribution is 5.80. The molecular weight excluding hydrogens is 547 g/mol. The zero-order valence-electron chi connectivity index (χ0n) is 25.2. The van der Waals surface area contributed by atoms with Crippen LogP contribution in [-0.2, 0) is 27.4 Å². The fourth-order valence-corrected chi connectivity index (χ4v) is 6.28. The fourth-order valence-electron chi connectivity index (χ4n) is 6.28. The Hall–Kier alpha value is -4.58. The Bertz CT molecular complexity index is 1590. The fraction of sp³-hybridized carbons (Fsp3) is 0.205. The monoisotopic (exact) mass is 584 g/mol. The first-order valence-electron chi connectivity index (χ1n) is 15.1. The lowest BCUT2D eigenvalue weighted by Gasteiger charge is -2.33. The van der Waals surface area contributed by atoms with Crippen molar-refractivity contribution in [1.29, 1.82) is 0 Å². The van der Waals surface area contributed by atoms with Gasteiger partial charge in [-0.2, -0.15) is 0 Å². The van der Waals surface area contributed by atoms with E-state index < -0.39 is 11.2 Å². The van der Waals surface area contributed by atoms with Crippen molar-refractivity contribution in [2.75, 3.05) is 20.6 Å². The minimum absolute atomic E-state index is 0.250. The molecule has 1 aliphatic rings. The summed E-state index contributed by atoms with van der Waals surface area (Å²) < 4.78 is 20.4. The molecule has 4 nitrogen and oxygen atoms in total. The quantitative estimate of drug-likeness (QED) is 0.0890. The molecule has 5 heteroatoms. The third-order valence-electron chi connectivity index (χ3n) is 8.42. The number of benzene rings is 5. The van der Waals surface area contributed by atoms with Crippen LogP contribution < -0.4 is 0 Å². The van der Waals surface area contributed by atoms with Gasteiger partial charge in [0.05, 0.1) is 12.8 Å². The molecule has 5 aromatic carbocycles. The largest absolute Gasteiger partial charge is 0.375 e. The van der Waals surface area contributed by atoms with Gasteiger partial charge in [0.25, 0.3) is 0 Å². The standard InChI is InChI=1S/C39H37FN2O2/c1-42(2)26-12-25-38(32-20-22-36(40)23-21-32)37-24-19-30(27-31(37)29-43-38)28-41-44-39(33-13-6-3-7-14-33,34-15-8-4-9-16-34)35-17-10-5-11-18-35/h3-11,13-24,27-28H,12,25-26,29H2,1-2H3. The van der Waals surface area contributed by atoms with E-state index in [1.165, 1.54) is 12.1 Å². The average Bonchev–Trinajstić information content (AvgIpc) is 3.43. The predicted molar refractivity (Wildman–Crippen MR) is 174 cm³/mol. The molecule has 44 heavy (non-hydrogen) atoms. The van der Waals surface area contributed by atoms with Gasteiger partial charge in [-0.25, -0.2) is 4.39 Å². The summed E-state index contributed by atoms with van der Waals surface area (Å²) in [6.45, 7) is 1.41. The molecule has 0 saturated heterocycles. The van der Waals surface area contributed by atoms with Gasteiger partial charge in [-0.3, -0.25) is 0 Å². The van der Waals surface area contributed by atoms with Crippen LogP contribution in [0.4, 0.5) is 4.39 Å². The second-order valence-electron chi connectivity index (χ2n) is 11.6. The molecule has 1 unspecified atom stereocenters. The molecule has 0 radical (unpaired) electrons.